The first-order valence-corrected chi connectivity index (χ1v) is 17.7. The normalized spacial score (nSPS) is 31.9. The zero-order valence-electron chi connectivity index (χ0n) is 31.0. The van der Waals surface area contributed by atoms with E-state index in [4.69, 9.17) is 35.3 Å². The van der Waals surface area contributed by atoms with E-state index in [1.165, 1.54) is 24.0 Å². The van der Waals surface area contributed by atoms with Crippen LogP contribution in [0.25, 0.3) is 0 Å². The quantitative estimate of drug-likeness (QED) is 0.284. The van der Waals surface area contributed by atoms with Gasteiger partial charge in [0.25, 0.3) is 0 Å². The zero-order valence-corrected chi connectivity index (χ0v) is 31.7. The number of carbonyl (C=O) groups excluding carboxylic acids is 4. The Labute approximate surface area is 305 Å². The molecule has 3 aliphatic rings. The largest absolute Gasteiger partial charge is 0.495 e. The minimum Gasteiger partial charge on any atom is -0.495 e. The highest BCUT2D eigenvalue weighted by Gasteiger charge is 2.64. The first kappa shape index (κ1) is 40.1. The molecule has 0 radical (unpaired) electrons. The van der Waals surface area contributed by atoms with E-state index in [-0.39, 0.29) is 30.2 Å². The number of nitrogens with one attached hydrogen (secondary N) is 1. The van der Waals surface area contributed by atoms with Crippen molar-refractivity contribution in [1.29, 1.82) is 0 Å². The van der Waals surface area contributed by atoms with Gasteiger partial charge in [-0.15, -0.1) is 0 Å². The van der Waals surface area contributed by atoms with E-state index >= 15 is 0 Å². The summed E-state index contributed by atoms with van der Waals surface area (Å²) in [6, 6.07) is 2.65. The van der Waals surface area contributed by atoms with Crippen molar-refractivity contribution in [2.75, 3.05) is 33.2 Å². The van der Waals surface area contributed by atoms with Crippen LogP contribution in [-0.2, 0) is 39.8 Å². The van der Waals surface area contributed by atoms with Gasteiger partial charge in [-0.05, 0) is 51.3 Å². The number of esters is 1. The molecule has 8 atom stereocenters. The molecule has 1 aromatic rings. The summed E-state index contributed by atoms with van der Waals surface area (Å²) in [6.07, 6.45) is 2.84. The maximum absolute atomic E-state index is 14.1. The van der Waals surface area contributed by atoms with Crippen LogP contribution in [0.3, 0.4) is 0 Å². The van der Waals surface area contributed by atoms with E-state index in [0.29, 0.717) is 24.3 Å². The molecule has 4 rings (SSSR count). The summed E-state index contributed by atoms with van der Waals surface area (Å²) in [6.45, 7) is 9.00. The summed E-state index contributed by atoms with van der Waals surface area (Å²) in [5.74, 6) is -1.46. The topological polar surface area (TPSA) is 156 Å². The molecule has 1 aromatic carbocycles. The van der Waals surface area contributed by atoms with Gasteiger partial charge in [0, 0.05) is 40.0 Å². The Morgan fingerprint density at radius 2 is 1.96 bits per heavy atom. The Bertz CT molecular complexity index is 1550. The van der Waals surface area contributed by atoms with Crippen molar-refractivity contribution < 1.29 is 48.0 Å². The highest BCUT2D eigenvalue weighted by Crippen LogP contribution is 2.49. The molecule has 0 aliphatic carbocycles. The van der Waals surface area contributed by atoms with Gasteiger partial charge in [-0.1, -0.05) is 55.7 Å². The van der Waals surface area contributed by atoms with Gasteiger partial charge in [0.2, 0.25) is 11.8 Å². The maximum Gasteiger partial charge on any atom is 0.409 e. The van der Waals surface area contributed by atoms with Gasteiger partial charge in [0.1, 0.15) is 40.7 Å². The van der Waals surface area contributed by atoms with Crippen LogP contribution in [-0.4, -0.2) is 104 Å². The Morgan fingerprint density at radius 3 is 2.61 bits per heavy atom. The van der Waals surface area contributed by atoms with Crippen LogP contribution >= 0.6 is 11.6 Å². The smallest absolute Gasteiger partial charge is 0.409 e. The lowest BCUT2D eigenvalue weighted by atomic mass is 9.83. The fourth-order valence-electron chi connectivity index (χ4n) is 6.72. The van der Waals surface area contributed by atoms with Gasteiger partial charge >= 0.3 is 12.1 Å². The number of rotatable bonds is 8. The maximum atomic E-state index is 14.1. The lowest BCUT2D eigenvalue weighted by Gasteiger charge is -2.42. The highest BCUT2D eigenvalue weighted by atomic mass is 35.5. The molecule has 2 fully saturated rings. The molecule has 3 heterocycles. The van der Waals surface area contributed by atoms with Crippen LogP contribution in [0.1, 0.15) is 72.3 Å². The predicted octanol–water partition coefficient (Wildman–Crippen LogP) is 4.70. The number of aliphatic hydroxyl groups is 1. The first-order chi connectivity index (χ1) is 24.0. The molecule has 13 nitrogen and oxygen atoms in total. The summed E-state index contributed by atoms with van der Waals surface area (Å²) >= 11 is 6.75. The van der Waals surface area contributed by atoms with Crippen LogP contribution in [0.5, 0.6) is 5.75 Å². The van der Waals surface area contributed by atoms with E-state index in [2.05, 4.69) is 5.32 Å². The molecule has 0 spiro atoms. The second-order valence-corrected chi connectivity index (χ2v) is 14.4. The van der Waals surface area contributed by atoms with Gasteiger partial charge < -0.3 is 38.6 Å². The zero-order chi connectivity index (χ0) is 37.8. The number of halogens is 1. The molecule has 3 amide bonds. The third-order valence-corrected chi connectivity index (χ3v) is 10.6. The van der Waals surface area contributed by atoms with E-state index in [9.17, 15) is 24.3 Å². The summed E-state index contributed by atoms with van der Waals surface area (Å²) < 4.78 is 29.2. The average molecular weight is 734 g/mol. The minimum atomic E-state index is -1.82. The van der Waals surface area contributed by atoms with Crippen molar-refractivity contribution >= 4 is 41.2 Å². The van der Waals surface area contributed by atoms with Crippen LogP contribution in [0.15, 0.2) is 35.9 Å². The van der Waals surface area contributed by atoms with E-state index in [1.54, 1.807) is 59.2 Å². The fraction of sp³-hybridized carbons (Fsp3) is 0.622. The van der Waals surface area contributed by atoms with Gasteiger partial charge in [0.05, 0.1) is 25.3 Å². The number of ether oxygens (including phenoxy) is 5. The standard InChI is InChI=1S/C37H52ClN3O10/c1-10-11-15-30(42)40(6)23(4)34(44)50-29-19-31(43)41(7)25-17-24(18-26(47-8)32(25)38)16-21(2)13-12-14-28(48-9)37(46)20-27(49-35(45)39-37)22(3)33-36(29,5)51-33/h12-14,17-18,22-23,27-29,33,46H,10-11,15-16,19-20H2,1-9H3,(H,39,45)/b14-12+,21-13+. The number of anilines is 1. The number of hydrogen-bond donors (Lipinski definition) is 2. The number of unbranched alkanes of at least 4 members (excludes halogenated alkanes) is 1. The monoisotopic (exact) mass is 733 g/mol. The number of likely N-dealkylation sites (N-methyl/N-ethyl adjacent to an activating group) is 1. The van der Waals surface area contributed by atoms with Crippen molar-refractivity contribution in [3.05, 3.63) is 46.5 Å². The number of epoxide rings is 1. The minimum absolute atomic E-state index is 0.0423. The molecular formula is C37H52ClN3O10. The summed E-state index contributed by atoms with van der Waals surface area (Å²) in [7, 11) is 6.05. The van der Waals surface area contributed by atoms with Crippen LogP contribution in [0.2, 0.25) is 5.02 Å². The number of nitrogens with zero attached hydrogens (tertiary/aromatic N) is 2. The highest BCUT2D eigenvalue weighted by molar-refractivity contribution is 6.35. The van der Waals surface area contributed by atoms with Crippen LogP contribution in [0.4, 0.5) is 10.5 Å². The fourth-order valence-corrected chi connectivity index (χ4v) is 7.04. The van der Waals surface area contributed by atoms with Crippen molar-refractivity contribution in [2.24, 2.45) is 5.92 Å². The molecule has 4 bridgehead atoms. The van der Waals surface area contributed by atoms with Crippen molar-refractivity contribution in [3.63, 3.8) is 0 Å². The summed E-state index contributed by atoms with van der Waals surface area (Å²) in [5.41, 5.74) is -0.868. The van der Waals surface area contributed by atoms with Crippen LogP contribution < -0.4 is 15.0 Å². The second kappa shape index (κ2) is 16.4. The molecule has 0 aromatic heterocycles. The van der Waals surface area contributed by atoms with E-state index in [0.717, 1.165) is 17.6 Å². The SMILES string of the molecule is CCCCC(=O)N(C)C(C)C(=O)OC1CC(=O)N(C)c2cc(cc(OC)c2Cl)C/C(C)=C/C=C/C(OC)C2(O)CC(OC(=O)N2)C(C)C2OC12C. The number of fused-ring (bicyclic) bond motifs is 5. The molecular weight excluding hydrogens is 682 g/mol. The van der Waals surface area contributed by atoms with Crippen molar-refractivity contribution in [1.82, 2.24) is 10.2 Å². The number of amides is 3. The van der Waals surface area contributed by atoms with Gasteiger partial charge in [-0.3, -0.25) is 14.9 Å². The number of carbonyl (C=O) groups is 4. The predicted molar refractivity (Wildman–Crippen MR) is 190 cm³/mol. The number of allylic oxidation sites excluding steroid dienone is 3. The molecule has 282 valence electrons. The Morgan fingerprint density at radius 1 is 1.25 bits per heavy atom. The van der Waals surface area contributed by atoms with Gasteiger partial charge in [-0.2, -0.15) is 0 Å². The molecule has 2 N–H and O–H groups in total. The second-order valence-electron chi connectivity index (χ2n) is 14.0. The van der Waals surface area contributed by atoms with Crippen LogP contribution in [0, 0.1) is 5.92 Å². The molecule has 0 saturated carbocycles. The van der Waals surface area contributed by atoms with Gasteiger partial charge in [0.15, 0.2) is 5.72 Å². The number of alkyl carbamates (subject to hydrolysis) is 1. The Hall–Kier alpha value is -3.65. The summed E-state index contributed by atoms with van der Waals surface area (Å²) in [4.78, 5) is 56.0. The molecule has 51 heavy (non-hydrogen) atoms. The molecule has 2 saturated heterocycles. The van der Waals surface area contributed by atoms with E-state index in [1.807, 2.05) is 19.9 Å². The molecule has 8 unspecified atom stereocenters. The lowest BCUT2D eigenvalue weighted by molar-refractivity contribution is -0.162. The third-order valence-electron chi connectivity index (χ3n) is 10.3. The summed E-state index contributed by atoms with van der Waals surface area (Å²) in [5, 5.41) is 14.5. The van der Waals surface area contributed by atoms with Crippen molar-refractivity contribution in [2.45, 2.75) is 115 Å². The molecule has 3 aliphatic heterocycles. The lowest BCUT2D eigenvalue weighted by Crippen LogP contribution is -2.63. The van der Waals surface area contributed by atoms with Gasteiger partial charge in [-0.25, -0.2) is 9.59 Å². The third kappa shape index (κ3) is 8.88. The Balaban J connectivity index is 1.76. The Kier molecular flexibility index (Phi) is 12.9. The van der Waals surface area contributed by atoms with E-state index < -0.39 is 65.7 Å². The number of methoxy groups -OCH3 is 2. The number of benzene rings is 1. The molecule has 14 heteroatoms. The first-order valence-electron chi connectivity index (χ1n) is 17.3. The van der Waals surface area contributed by atoms with Crippen molar-refractivity contribution in [3.8, 4) is 5.75 Å². The number of hydrogen-bond acceptors (Lipinski definition) is 10. The average Bonchev–Trinajstić information content (AvgIpc) is 3.79.